The van der Waals surface area contributed by atoms with Crippen LogP contribution in [0.25, 0.3) is 0 Å². The van der Waals surface area contributed by atoms with Crippen LogP contribution in [-0.4, -0.2) is 27.5 Å². The Morgan fingerprint density at radius 2 is 1.45 bits per heavy atom. The highest BCUT2D eigenvalue weighted by atomic mass is 16.6. The first kappa shape index (κ1) is 23.6. The lowest BCUT2D eigenvalue weighted by Crippen LogP contribution is -2.10. The molecule has 1 heterocycles. The molecule has 0 saturated heterocycles. The fourth-order valence-electron chi connectivity index (χ4n) is 2.97. The lowest BCUT2D eigenvalue weighted by Gasteiger charge is -2.12. The largest absolute Gasteiger partial charge is 0.462 e. The SMILES string of the molecule is CC(C)COC(=O)c1ccc(Nc2ncnc(Nc3ccc(C(C)C)cc3)c2[N+](=O)[O-])cc1. The van der Waals surface area contributed by atoms with Crippen molar-refractivity contribution in [2.45, 2.75) is 33.6 Å². The van der Waals surface area contributed by atoms with E-state index < -0.39 is 10.9 Å². The highest BCUT2D eigenvalue weighted by molar-refractivity contribution is 5.90. The predicted octanol–water partition coefficient (Wildman–Crippen LogP) is 5.81. The first-order chi connectivity index (χ1) is 15.7. The van der Waals surface area contributed by atoms with E-state index in [0.29, 0.717) is 29.5 Å². The number of hydrogen-bond donors (Lipinski definition) is 2. The number of carbonyl (C=O) groups is 1. The smallest absolute Gasteiger partial charge is 0.353 e. The number of ether oxygens (including phenoxy) is 1. The van der Waals surface area contributed by atoms with Crippen molar-refractivity contribution in [2.24, 2.45) is 5.92 Å². The van der Waals surface area contributed by atoms with Crippen LogP contribution in [0.15, 0.2) is 54.9 Å². The van der Waals surface area contributed by atoms with Gasteiger partial charge in [-0.25, -0.2) is 14.8 Å². The van der Waals surface area contributed by atoms with Gasteiger partial charge in [-0.1, -0.05) is 39.8 Å². The molecule has 33 heavy (non-hydrogen) atoms. The van der Waals surface area contributed by atoms with Crippen LogP contribution in [0.2, 0.25) is 0 Å². The third kappa shape index (κ3) is 6.25. The van der Waals surface area contributed by atoms with Crippen molar-refractivity contribution >= 4 is 34.7 Å². The van der Waals surface area contributed by atoms with E-state index in [-0.39, 0.29) is 23.2 Å². The van der Waals surface area contributed by atoms with Crippen LogP contribution in [0, 0.1) is 16.0 Å². The topological polar surface area (TPSA) is 119 Å². The monoisotopic (exact) mass is 449 g/mol. The molecule has 0 fully saturated rings. The molecule has 3 aromatic rings. The Morgan fingerprint density at radius 1 is 0.939 bits per heavy atom. The fraction of sp³-hybridized carbons (Fsp3) is 0.292. The van der Waals surface area contributed by atoms with Gasteiger partial charge in [-0.3, -0.25) is 10.1 Å². The van der Waals surface area contributed by atoms with Gasteiger partial charge in [-0.15, -0.1) is 0 Å². The molecule has 0 aliphatic heterocycles. The minimum Gasteiger partial charge on any atom is -0.462 e. The number of nitro groups is 1. The number of nitrogens with zero attached hydrogens (tertiary/aromatic N) is 3. The number of hydrogen-bond acceptors (Lipinski definition) is 8. The molecule has 0 amide bonds. The molecule has 9 nitrogen and oxygen atoms in total. The van der Waals surface area contributed by atoms with Gasteiger partial charge in [0.1, 0.15) is 6.33 Å². The molecule has 3 rings (SSSR count). The van der Waals surface area contributed by atoms with Gasteiger partial charge in [-0.05, 0) is 53.8 Å². The van der Waals surface area contributed by atoms with Gasteiger partial charge < -0.3 is 15.4 Å². The van der Waals surface area contributed by atoms with Crippen LogP contribution in [0.1, 0.15) is 49.5 Å². The summed E-state index contributed by atoms with van der Waals surface area (Å²) in [7, 11) is 0. The summed E-state index contributed by atoms with van der Waals surface area (Å²) >= 11 is 0. The molecule has 0 spiro atoms. The van der Waals surface area contributed by atoms with Crippen molar-refractivity contribution in [1.82, 2.24) is 9.97 Å². The van der Waals surface area contributed by atoms with Crippen LogP contribution in [0.4, 0.5) is 28.7 Å². The Labute approximate surface area is 192 Å². The van der Waals surface area contributed by atoms with E-state index in [4.69, 9.17) is 4.74 Å². The van der Waals surface area contributed by atoms with Gasteiger partial charge in [0.2, 0.25) is 11.6 Å². The summed E-state index contributed by atoms with van der Waals surface area (Å²) in [6, 6.07) is 14.1. The molecule has 0 aliphatic carbocycles. The first-order valence-corrected chi connectivity index (χ1v) is 10.6. The number of benzene rings is 2. The van der Waals surface area contributed by atoms with Crippen molar-refractivity contribution in [2.75, 3.05) is 17.2 Å². The van der Waals surface area contributed by atoms with E-state index >= 15 is 0 Å². The van der Waals surface area contributed by atoms with Gasteiger partial charge >= 0.3 is 11.7 Å². The summed E-state index contributed by atoms with van der Waals surface area (Å²) in [6.07, 6.45) is 1.25. The molecule has 0 aliphatic rings. The van der Waals surface area contributed by atoms with E-state index in [1.807, 2.05) is 38.1 Å². The second kappa shape index (κ2) is 10.5. The van der Waals surface area contributed by atoms with E-state index in [0.717, 1.165) is 5.56 Å². The van der Waals surface area contributed by atoms with E-state index in [1.165, 1.54) is 6.33 Å². The number of aromatic nitrogens is 2. The molecular weight excluding hydrogens is 422 g/mol. The Kier molecular flexibility index (Phi) is 7.55. The van der Waals surface area contributed by atoms with Gasteiger partial charge in [0, 0.05) is 11.4 Å². The molecule has 172 valence electrons. The second-order valence-corrected chi connectivity index (χ2v) is 8.27. The normalized spacial score (nSPS) is 10.8. The standard InChI is InChI=1S/C24H27N5O4/c1-15(2)13-33-24(30)18-7-11-20(12-8-18)28-23-21(29(31)32)22(25-14-26-23)27-19-9-5-17(6-10-19)16(3)4/h5-12,14-16H,13H2,1-4H3,(H2,25,26,27,28). The molecule has 0 bridgehead atoms. The van der Waals surface area contributed by atoms with Gasteiger partial charge in [0.15, 0.2) is 0 Å². The first-order valence-electron chi connectivity index (χ1n) is 10.6. The van der Waals surface area contributed by atoms with Crippen LogP contribution >= 0.6 is 0 Å². The number of rotatable bonds is 9. The molecule has 0 radical (unpaired) electrons. The van der Waals surface area contributed by atoms with E-state index in [1.54, 1.807) is 24.3 Å². The average molecular weight is 450 g/mol. The van der Waals surface area contributed by atoms with Crippen LogP contribution < -0.4 is 10.6 Å². The molecule has 2 aromatic carbocycles. The van der Waals surface area contributed by atoms with E-state index in [9.17, 15) is 14.9 Å². The Balaban J connectivity index is 1.79. The van der Waals surface area contributed by atoms with Crippen molar-refractivity contribution < 1.29 is 14.5 Å². The lowest BCUT2D eigenvalue weighted by atomic mass is 10.0. The van der Waals surface area contributed by atoms with Crippen LogP contribution in [-0.2, 0) is 4.74 Å². The van der Waals surface area contributed by atoms with E-state index in [2.05, 4.69) is 34.4 Å². The maximum Gasteiger partial charge on any atom is 0.353 e. The van der Waals surface area contributed by atoms with Crippen LogP contribution in [0.3, 0.4) is 0 Å². The zero-order chi connectivity index (χ0) is 24.0. The summed E-state index contributed by atoms with van der Waals surface area (Å²) in [5.74, 6) is 0.309. The summed E-state index contributed by atoms with van der Waals surface area (Å²) in [6.45, 7) is 8.44. The fourth-order valence-corrected chi connectivity index (χ4v) is 2.97. The Bertz CT molecular complexity index is 1110. The Hall–Kier alpha value is -4.01. The number of anilines is 4. The highest BCUT2D eigenvalue weighted by Gasteiger charge is 2.23. The predicted molar refractivity (Wildman–Crippen MR) is 127 cm³/mol. The molecule has 2 N–H and O–H groups in total. The van der Waals surface area contributed by atoms with Crippen molar-refractivity contribution in [3.05, 3.63) is 76.1 Å². The maximum absolute atomic E-state index is 12.1. The quantitative estimate of drug-likeness (QED) is 0.239. The minimum absolute atomic E-state index is 0.0337. The molecule has 0 atom stereocenters. The third-order valence-electron chi connectivity index (χ3n) is 4.78. The zero-order valence-corrected chi connectivity index (χ0v) is 19.0. The average Bonchev–Trinajstić information content (AvgIpc) is 2.78. The summed E-state index contributed by atoms with van der Waals surface area (Å²) in [4.78, 5) is 31.5. The molecule has 0 unspecified atom stereocenters. The highest BCUT2D eigenvalue weighted by Crippen LogP contribution is 2.33. The third-order valence-corrected chi connectivity index (χ3v) is 4.78. The number of carbonyl (C=O) groups excluding carboxylic acids is 1. The second-order valence-electron chi connectivity index (χ2n) is 8.27. The number of esters is 1. The molecular formula is C24H27N5O4. The lowest BCUT2D eigenvalue weighted by molar-refractivity contribution is -0.383. The molecule has 0 saturated carbocycles. The number of nitrogens with one attached hydrogen (secondary N) is 2. The van der Waals surface area contributed by atoms with Crippen molar-refractivity contribution in [1.29, 1.82) is 0 Å². The summed E-state index contributed by atoms with van der Waals surface area (Å²) < 4.78 is 5.21. The maximum atomic E-state index is 12.1. The minimum atomic E-state index is -0.537. The van der Waals surface area contributed by atoms with Gasteiger partial charge in [0.05, 0.1) is 17.1 Å². The van der Waals surface area contributed by atoms with Gasteiger partial charge in [-0.2, -0.15) is 0 Å². The summed E-state index contributed by atoms with van der Waals surface area (Å²) in [5.41, 5.74) is 2.48. The molecule has 1 aromatic heterocycles. The van der Waals surface area contributed by atoms with Crippen molar-refractivity contribution in [3.8, 4) is 0 Å². The Morgan fingerprint density at radius 3 is 1.91 bits per heavy atom. The van der Waals surface area contributed by atoms with Gasteiger partial charge in [0.25, 0.3) is 0 Å². The molecule has 9 heteroatoms. The summed E-state index contributed by atoms with van der Waals surface area (Å²) in [5, 5.41) is 17.8. The van der Waals surface area contributed by atoms with Crippen molar-refractivity contribution in [3.63, 3.8) is 0 Å². The van der Waals surface area contributed by atoms with Crippen LogP contribution in [0.5, 0.6) is 0 Å². The zero-order valence-electron chi connectivity index (χ0n) is 19.0.